The highest BCUT2D eigenvalue weighted by atomic mass is 16.4. The van der Waals surface area contributed by atoms with Crippen LogP contribution in [0, 0.1) is 11.3 Å². The molecule has 148 valence electrons. The number of aliphatic hydroxyl groups excluding tert-OH is 1. The normalized spacial score (nSPS) is 18.4. The summed E-state index contributed by atoms with van der Waals surface area (Å²) in [5, 5.41) is 19.6. The Balaban J connectivity index is 2.33. The van der Waals surface area contributed by atoms with Crippen LogP contribution in [0.25, 0.3) is 0 Å². The second-order valence-corrected chi connectivity index (χ2v) is 8.86. The van der Waals surface area contributed by atoms with Gasteiger partial charge in [-0.3, -0.25) is 4.79 Å². The zero-order chi connectivity index (χ0) is 18.8. The third kappa shape index (κ3) is 7.26. The summed E-state index contributed by atoms with van der Waals surface area (Å²) in [6, 6.07) is 0. The van der Waals surface area contributed by atoms with Crippen LogP contribution in [0.4, 0.5) is 0 Å². The number of nitrogens with zero attached hydrogens (tertiary/aromatic N) is 1. The fraction of sp³-hybridized carbons (Fsp3) is 0.952. The van der Waals surface area contributed by atoms with Crippen molar-refractivity contribution in [2.45, 2.75) is 84.0 Å². The van der Waals surface area contributed by atoms with Gasteiger partial charge in [-0.2, -0.15) is 0 Å². The van der Waals surface area contributed by atoms with Gasteiger partial charge in [0.25, 0.3) is 0 Å². The van der Waals surface area contributed by atoms with Gasteiger partial charge in [0.2, 0.25) is 0 Å². The predicted octanol–water partition coefficient (Wildman–Crippen LogP) is 4.46. The maximum absolute atomic E-state index is 11.9. The Morgan fingerprint density at radius 1 is 1.00 bits per heavy atom. The maximum Gasteiger partial charge on any atom is 0.312 e. The van der Waals surface area contributed by atoms with Crippen LogP contribution in [0.2, 0.25) is 0 Å². The van der Waals surface area contributed by atoms with Crippen molar-refractivity contribution >= 4 is 5.97 Å². The molecule has 4 heteroatoms. The number of carboxylic acids is 1. The average Bonchev–Trinajstić information content (AvgIpc) is 3.09. The van der Waals surface area contributed by atoms with E-state index in [1.807, 2.05) is 0 Å². The Morgan fingerprint density at radius 3 is 2.04 bits per heavy atom. The Hall–Kier alpha value is -0.610. The fourth-order valence-electron chi connectivity index (χ4n) is 4.48. The molecule has 4 nitrogen and oxygen atoms in total. The Labute approximate surface area is 155 Å². The van der Waals surface area contributed by atoms with Crippen molar-refractivity contribution in [1.29, 1.82) is 0 Å². The van der Waals surface area contributed by atoms with Crippen LogP contribution < -0.4 is 0 Å². The van der Waals surface area contributed by atoms with Crippen LogP contribution >= 0.6 is 0 Å². The zero-order valence-corrected chi connectivity index (χ0v) is 16.9. The van der Waals surface area contributed by atoms with E-state index in [-0.39, 0.29) is 12.5 Å². The molecule has 0 radical (unpaired) electrons. The SMILES string of the molecule is CCCCCC[N+](C)(C)CCCCCC(CO)(C(=O)O)C1CCCC1. The van der Waals surface area contributed by atoms with E-state index in [0.717, 1.165) is 56.0 Å². The summed E-state index contributed by atoms with van der Waals surface area (Å²) in [7, 11) is 4.61. The van der Waals surface area contributed by atoms with Gasteiger partial charge in [0.15, 0.2) is 0 Å². The highest BCUT2D eigenvalue weighted by Gasteiger charge is 2.45. The van der Waals surface area contributed by atoms with Crippen molar-refractivity contribution in [2.24, 2.45) is 11.3 Å². The summed E-state index contributed by atoms with van der Waals surface area (Å²) >= 11 is 0. The fourth-order valence-corrected chi connectivity index (χ4v) is 4.48. The molecule has 1 aliphatic rings. The Bertz CT molecular complexity index is 377. The number of aliphatic hydroxyl groups is 1. The lowest BCUT2D eigenvalue weighted by Crippen LogP contribution is -2.42. The van der Waals surface area contributed by atoms with Gasteiger partial charge in [-0.05, 0) is 50.9 Å². The van der Waals surface area contributed by atoms with Crippen molar-refractivity contribution in [3.05, 3.63) is 0 Å². The minimum Gasteiger partial charge on any atom is -0.481 e. The lowest BCUT2D eigenvalue weighted by molar-refractivity contribution is -0.890. The highest BCUT2D eigenvalue weighted by Crippen LogP contribution is 2.43. The summed E-state index contributed by atoms with van der Waals surface area (Å²) in [4.78, 5) is 11.9. The molecular weight excluding hydrogens is 314 g/mol. The molecule has 0 spiro atoms. The first-order valence-corrected chi connectivity index (χ1v) is 10.5. The predicted molar refractivity (Wildman–Crippen MR) is 104 cm³/mol. The van der Waals surface area contributed by atoms with Crippen molar-refractivity contribution in [3.63, 3.8) is 0 Å². The average molecular weight is 357 g/mol. The molecule has 0 heterocycles. The van der Waals surface area contributed by atoms with E-state index in [4.69, 9.17) is 0 Å². The van der Waals surface area contributed by atoms with Gasteiger partial charge in [0.1, 0.15) is 0 Å². The van der Waals surface area contributed by atoms with Crippen LogP contribution in [0.1, 0.15) is 84.0 Å². The van der Waals surface area contributed by atoms with Gasteiger partial charge in [-0.15, -0.1) is 0 Å². The third-order valence-electron chi connectivity index (χ3n) is 6.35. The zero-order valence-electron chi connectivity index (χ0n) is 16.9. The minimum atomic E-state index is -0.888. The first kappa shape index (κ1) is 22.4. The number of unbranched alkanes of at least 4 members (excludes halogenated alkanes) is 5. The second kappa shape index (κ2) is 11.2. The van der Waals surface area contributed by atoms with E-state index >= 15 is 0 Å². The first-order chi connectivity index (χ1) is 11.9. The molecule has 1 saturated carbocycles. The summed E-state index contributed by atoms with van der Waals surface area (Å²) < 4.78 is 1.07. The molecule has 1 atom stereocenters. The largest absolute Gasteiger partial charge is 0.481 e. The first-order valence-electron chi connectivity index (χ1n) is 10.5. The summed E-state index contributed by atoms with van der Waals surface area (Å²) in [6.07, 6.45) is 13.2. The third-order valence-corrected chi connectivity index (χ3v) is 6.35. The molecule has 0 saturated heterocycles. The molecular formula is C21H42NO3+. The van der Waals surface area contributed by atoms with E-state index in [1.54, 1.807) is 0 Å². The van der Waals surface area contributed by atoms with Crippen LogP contribution in [0.15, 0.2) is 0 Å². The van der Waals surface area contributed by atoms with Crippen LogP contribution in [0.5, 0.6) is 0 Å². The summed E-state index contributed by atoms with van der Waals surface area (Å²) in [5.74, 6) is -0.616. The van der Waals surface area contributed by atoms with Crippen LogP contribution in [-0.2, 0) is 4.79 Å². The molecule has 1 fully saturated rings. The number of hydrogen-bond donors (Lipinski definition) is 2. The molecule has 0 aliphatic heterocycles. The number of quaternary nitrogens is 1. The molecule has 0 aromatic carbocycles. The van der Waals surface area contributed by atoms with E-state index < -0.39 is 11.4 Å². The topological polar surface area (TPSA) is 57.5 Å². The van der Waals surface area contributed by atoms with Crippen molar-refractivity contribution in [1.82, 2.24) is 0 Å². The monoisotopic (exact) mass is 356 g/mol. The number of aliphatic carboxylic acids is 1. The van der Waals surface area contributed by atoms with E-state index in [9.17, 15) is 15.0 Å². The van der Waals surface area contributed by atoms with Gasteiger partial charge in [0, 0.05) is 0 Å². The molecule has 2 N–H and O–H groups in total. The highest BCUT2D eigenvalue weighted by molar-refractivity contribution is 5.75. The van der Waals surface area contributed by atoms with Crippen LogP contribution in [-0.4, -0.2) is 54.5 Å². The standard InChI is InChI=1S/C21H41NO3/c1-4-5-6-11-16-22(2,3)17-12-7-10-15-21(18-23,20(24)25)19-13-8-9-14-19/h19,23H,4-18H2,1-3H3/p+1. The van der Waals surface area contributed by atoms with Gasteiger partial charge >= 0.3 is 5.97 Å². The number of carbonyl (C=O) groups is 1. The quantitative estimate of drug-likeness (QED) is 0.357. The molecule has 0 aromatic heterocycles. The maximum atomic E-state index is 11.9. The second-order valence-electron chi connectivity index (χ2n) is 8.86. The molecule has 1 unspecified atom stereocenters. The summed E-state index contributed by atoms with van der Waals surface area (Å²) in [5.41, 5.74) is -0.888. The van der Waals surface area contributed by atoms with Crippen molar-refractivity contribution < 1.29 is 19.5 Å². The number of carboxylic acid groups (broad SMARTS) is 1. The van der Waals surface area contributed by atoms with Gasteiger partial charge in [-0.1, -0.05) is 39.0 Å². The lowest BCUT2D eigenvalue weighted by Gasteiger charge is -2.34. The molecule has 0 bridgehead atoms. The molecule has 1 aliphatic carbocycles. The van der Waals surface area contributed by atoms with Gasteiger partial charge < -0.3 is 14.7 Å². The van der Waals surface area contributed by atoms with E-state index in [2.05, 4.69) is 21.0 Å². The number of hydrogen-bond acceptors (Lipinski definition) is 2. The van der Waals surface area contributed by atoms with Crippen molar-refractivity contribution in [2.75, 3.05) is 33.8 Å². The van der Waals surface area contributed by atoms with E-state index in [0.29, 0.717) is 6.42 Å². The van der Waals surface area contributed by atoms with Gasteiger partial charge in [-0.25, -0.2) is 0 Å². The number of rotatable bonds is 14. The smallest absolute Gasteiger partial charge is 0.312 e. The lowest BCUT2D eigenvalue weighted by atomic mass is 9.71. The van der Waals surface area contributed by atoms with E-state index in [1.165, 1.54) is 32.2 Å². The summed E-state index contributed by atoms with van der Waals surface area (Å²) in [6.45, 7) is 4.44. The Morgan fingerprint density at radius 2 is 1.56 bits per heavy atom. The molecule has 1 rings (SSSR count). The molecule has 25 heavy (non-hydrogen) atoms. The van der Waals surface area contributed by atoms with Crippen molar-refractivity contribution in [3.8, 4) is 0 Å². The Kier molecular flexibility index (Phi) is 10.0. The van der Waals surface area contributed by atoms with Gasteiger partial charge in [0.05, 0.1) is 39.2 Å². The molecule has 0 amide bonds. The minimum absolute atomic E-state index is 0.167. The molecule has 0 aromatic rings. The van der Waals surface area contributed by atoms with Crippen LogP contribution in [0.3, 0.4) is 0 Å².